The van der Waals surface area contributed by atoms with Crippen LogP contribution >= 0.6 is 0 Å². The normalized spacial score (nSPS) is 14.7. The zero-order valence-electron chi connectivity index (χ0n) is 14.3. The highest BCUT2D eigenvalue weighted by Crippen LogP contribution is 2.24. The Morgan fingerprint density at radius 1 is 1.23 bits per heavy atom. The molecule has 3 heterocycles. The lowest BCUT2D eigenvalue weighted by Gasteiger charge is -2.28. The third kappa shape index (κ3) is 3.09. The third-order valence-corrected chi connectivity index (χ3v) is 4.64. The lowest BCUT2D eigenvalue weighted by Crippen LogP contribution is -2.36. The quantitative estimate of drug-likeness (QED) is 0.746. The SMILES string of the molecule is NC(=O)c1ccc(Cn2ccc3cc(N4CCOCC4)cnc32)cc1O. The first-order chi connectivity index (χ1) is 12.6. The number of rotatable bonds is 4. The second-order valence-corrected chi connectivity index (χ2v) is 6.37. The largest absolute Gasteiger partial charge is 0.507 e. The summed E-state index contributed by atoms with van der Waals surface area (Å²) < 4.78 is 7.41. The number of carbonyl (C=O) groups excluding carboxylic acids is 1. The van der Waals surface area contributed by atoms with E-state index in [1.54, 1.807) is 18.2 Å². The molecule has 3 aromatic rings. The first-order valence-electron chi connectivity index (χ1n) is 8.51. The Hall–Kier alpha value is -3.06. The molecule has 1 amide bonds. The van der Waals surface area contributed by atoms with Crippen molar-refractivity contribution < 1.29 is 14.6 Å². The molecule has 1 aliphatic heterocycles. The van der Waals surface area contributed by atoms with Gasteiger partial charge in [-0.3, -0.25) is 4.79 Å². The van der Waals surface area contributed by atoms with Gasteiger partial charge in [0.05, 0.1) is 30.7 Å². The molecule has 0 unspecified atom stereocenters. The van der Waals surface area contributed by atoms with Crippen LogP contribution in [0.25, 0.3) is 11.0 Å². The molecular formula is C19H20N4O3. The van der Waals surface area contributed by atoms with Crippen molar-refractivity contribution in [1.82, 2.24) is 9.55 Å². The van der Waals surface area contributed by atoms with Gasteiger partial charge in [0.25, 0.3) is 5.91 Å². The molecule has 7 heteroatoms. The Morgan fingerprint density at radius 3 is 2.77 bits per heavy atom. The third-order valence-electron chi connectivity index (χ3n) is 4.64. The van der Waals surface area contributed by atoms with E-state index in [0.29, 0.717) is 6.54 Å². The van der Waals surface area contributed by atoms with Gasteiger partial charge in [-0.2, -0.15) is 0 Å². The summed E-state index contributed by atoms with van der Waals surface area (Å²) in [5, 5.41) is 11.0. The minimum absolute atomic E-state index is 0.103. The standard InChI is InChI=1S/C19H20N4O3/c20-18(25)16-2-1-13(9-17(16)24)12-23-4-3-14-10-15(11-21-19(14)23)22-5-7-26-8-6-22/h1-4,9-11,24H,5-8,12H2,(H2,20,25). The summed E-state index contributed by atoms with van der Waals surface area (Å²) in [6.45, 7) is 3.77. The fourth-order valence-electron chi connectivity index (χ4n) is 3.27. The molecule has 134 valence electrons. The molecule has 7 nitrogen and oxygen atoms in total. The number of hydrogen-bond acceptors (Lipinski definition) is 5. The van der Waals surface area contributed by atoms with E-state index in [1.165, 1.54) is 0 Å². The summed E-state index contributed by atoms with van der Waals surface area (Å²) in [4.78, 5) is 18.1. The molecule has 0 spiro atoms. The van der Waals surface area contributed by atoms with Gasteiger partial charge in [0.1, 0.15) is 11.4 Å². The number of phenols is 1. The van der Waals surface area contributed by atoms with Crippen molar-refractivity contribution in [2.45, 2.75) is 6.54 Å². The summed E-state index contributed by atoms with van der Waals surface area (Å²) in [7, 11) is 0. The van der Waals surface area contributed by atoms with Crippen molar-refractivity contribution in [3.05, 3.63) is 53.9 Å². The molecule has 0 atom stereocenters. The average molecular weight is 352 g/mol. The predicted molar refractivity (Wildman–Crippen MR) is 98.5 cm³/mol. The van der Waals surface area contributed by atoms with Gasteiger partial charge in [-0.05, 0) is 29.8 Å². The van der Waals surface area contributed by atoms with Gasteiger partial charge in [-0.15, -0.1) is 0 Å². The summed E-state index contributed by atoms with van der Waals surface area (Å²) in [5.41, 5.74) is 8.19. The number of carbonyl (C=O) groups is 1. The van der Waals surface area contributed by atoms with E-state index in [-0.39, 0.29) is 11.3 Å². The van der Waals surface area contributed by atoms with Crippen LogP contribution in [0, 0.1) is 0 Å². The van der Waals surface area contributed by atoms with Crippen molar-refractivity contribution in [2.24, 2.45) is 5.73 Å². The Labute approximate surface area is 150 Å². The molecule has 1 aliphatic rings. The number of nitrogens with two attached hydrogens (primary N) is 1. The van der Waals surface area contributed by atoms with Gasteiger partial charge in [-0.25, -0.2) is 4.98 Å². The summed E-state index contributed by atoms with van der Waals surface area (Å²) >= 11 is 0. The number of anilines is 1. The molecule has 0 saturated carbocycles. The number of aromatic hydroxyl groups is 1. The zero-order chi connectivity index (χ0) is 18.1. The van der Waals surface area contributed by atoms with Crippen molar-refractivity contribution in [2.75, 3.05) is 31.2 Å². The first-order valence-corrected chi connectivity index (χ1v) is 8.51. The van der Waals surface area contributed by atoms with Gasteiger partial charge in [-0.1, -0.05) is 6.07 Å². The Morgan fingerprint density at radius 2 is 2.04 bits per heavy atom. The zero-order valence-corrected chi connectivity index (χ0v) is 14.3. The van der Waals surface area contributed by atoms with Gasteiger partial charge in [0.2, 0.25) is 0 Å². The lowest BCUT2D eigenvalue weighted by molar-refractivity contribution is 0.0997. The van der Waals surface area contributed by atoms with E-state index >= 15 is 0 Å². The van der Waals surface area contributed by atoms with E-state index in [1.807, 2.05) is 23.0 Å². The van der Waals surface area contributed by atoms with Gasteiger partial charge < -0.3 is 25.0 Å². The van der Waals surface area contributed by atoms with Crippen LogP contribution in [0.3, 0.4) is 0 Å². The van der Waals surface area contributed by atoms with Crippen LogP contribution in [-0.2, 0) is 11.3 Å². The number of benzene rings is 1. The fraction of sp³-hybridized carbons (Fsp3) is 0.263. The van der Waals surface area contributed by atoms with E-state index in [2.05, 4.69) is 16.0 Å². The minimum atomic E-state index is -0.641. The number of nitrogens with zero attached hydrogens (tertiary/aromatic N) is 3. The fourth-order valence-corrected chi connectivity index (χ4v) is 3.27. The van der Waals surface area contributed by atoms with Crippen LogP contribution in [0.4, 0.5) is 5.69 Å². The molecule has 4 rings (SSSR count). The molecule has 0 aliphatic carbocycles. The maximum atomic E-state index is 11.2. The molecular weight excluding hydrogens is 332 g/mol. The first kappa shape index (κ1) is 16.4. The molecule has 2 aromatic heterocycles. The maximum Gasteiger partial charge on any atom is 0.252 e. The van der Waals surface area contributed by atoms with Crippen LogP contribution in [0.1, 0.15) is 15.9 Å². The van der Waals surface area contributed by atoms with Crippen molar-refractivity contribution in [3.8, 4) is 5.75 Å². The highest BCUT2D eigenvalue weighted by Gasteiger charge is 2.14. The molecule has 0 bridgehead atoms. The number of fused-ring (bicyclic) bond motifs is 1. The number of aromatic nitrogens is 2. The van der Waals surface area contributed by atoms with Crippen molar-refractivity contribution in [3.63, 3.8) is 0 Å². The molecule has 26 heavy (non-hydrogen) atoms. The summed E-state index contributed by atoms with van der Waals surface area (Å²) in [5.74, 6) is -0.744. The number of ether oxygens (including phenoxy) is 1. The predicted octanol–water partition coefficient (Wildman–Crippen LogP) is 1.73. The van der Waals surface area contributed by atoms with E-state index in [4.69, 9.17) is 10.5 Å². The summed E-state index contributed by atoms with van der Waals surface area (Å²) in [6.07, 6.45) is 3.86. The van der Waals surface area contributed by atoms with Crippen LogP contribution < -0.4 is 10.6 Å². The molecule has 1 fully saturated rings. The number of amides is 1. The van der Waals surface area contributed by atoms with Gasteiger partial charge >= 0.3 is 0 Å². The molecule has 0 radical (unpaired) electrons. The number of hydrogen-bond donors (Lipinski definition) is 2. The van der Waals surface area contributed by atoms with Crippen LogP contribution in [0.15, 0.2) is 42.7 Å². The summed E-state index contributed by atoms with van der Waals surface area (Å²) in [6, 6.07) is 9.06. The molecule has 1 saturated heterocycles. The maximum absolute atomic E-state index is 11.2. The van der Waals surface area contributed by atoms with Gasteiger partial charge in [0.15, 0.2) is 0 Å². The molecule has 3 N–H and O–H groups in total. The minimum Gasteiger partial charge on any atom is -0.507 e. The van der Waals surface area contributed by atoms with Crippen LogP contribution in [0.5, 0.6) is 5.75 Å². The highest BCUT2D eigenvalue weighted by molar-refractivity contribution is 5.95. The number of primary amides is 1. The smallest absolute Gasteiger partial charge is 0.252 e. The number of morpholine rings is 1. The second kappa shape index (κ2) is 6.68. The monoisotopic (exact) mass is 352 g/mol. The van der Waals surface area contributed by atoms with E-state index in [9.17, 15) is 9.90 Å². The lowest BCUT2D eigenvalue weighted by atomic mass is 10.1. The van der Waals surface area contributed by atoms with E-state index < -0.39 is 5.91 Å². The van der Waals surface area contributed by atoms with Crippen molar-refractivity contribution in [1.29, 1.82) is 0 Å². The van der Waals surface area contributed by atoms with Crippen molar-refractivity contribution >= 4 is 22.6 Å². The Bertz CT molecular complexity index is 961. The Balaban J connectivity index is 1.59. The average Bonchev–Trinajstić information content (AvgIpc) is 3.04. The Kier molecular flexibility index (Phi) is 4.22. The van der Waals surface area contributed by atoms with Crippen LogP contribution in [0.2, 0.25) is 0 Å². The highest BCUT2D eigenvalue weighted by atomic mass is 16.5. The topological polar surface area (TPSA) is 93.6 Å². The number of pyridine rings is 1. The van der Waals surface area contributed by atoms with Crippen LogP contribution in [-0.4, -0.2) is 46.9 Å². The molecule has 1 aromatic carbocycles. The second-order valence-electron chi connectivity index (χ2n) is 6.37. The van der Waals surface area contributed by atoms with Gasteiger partial charge in [0, 0.05) is 31.2 Å². The van der Waals surface area contributed by atoms with E-state index in [0.717, 1.165) is 48.6 Å².